The van der Waals surface area contributed by atoms with Crippen molar-refractivity contribution in [2.75, 3.05) is 20.1 Å². The zero-order chi connectivity index (χ0) is 8.27. The lowest BCUT2D eigenvalue weighted by Gasteiger charge is -2.27. The van der Waals surface area contributed by atoms with E-state index in [4.69, 9.17) is 0 Å². The van der Waals surface area contributed by atoms with Crippen molar-refractivity contribution in [3.8, 4) is 0 Å². The van der Waals surface area contributed by atoms with Crippen LogP contribution in [0.15, 0.2) is 9.47 Å². The second-order valence-electron chi connectivity index (χ2n) is 3.12. The summed E-state index contributed by atoms with van der Waals surface area (Å²) in [7, 11) is 2.18. The molecule has 1 atom stereocenters. The molecule has 1 fully saturated rings. The Morgan fingerprint density at radius 1 is 1.55 bits per heavy atom. The van der Waals surface area contributed by atoms with E-state index < -0.39 is 0 Å². The number of halogens is 2. The highest BCUT2D eigenvalue weighted by molar-refractivity contribution is 9.28. The summed E-state index contributed by atoms with van der Waals surface area (Å²) in [4.78, 5) is 2.38. The highest BCUT2D eigenvalue weighted by Gasteiger charge is 2.14. The maximum absolute atomic E-state index is 3.39. The first-order valence-corrected chi connectivity index (χ1v) is 5.48. The van der Waals surface area contributed by atoms with Crippen LogP contribution in [-0.4, -0.2) is 25.0 Å². The van der Waals surface area contributed by atoms with E-state index in [-0.39, 0.29) is 0 Å². The summed E-state index contributed by atoms with van der Waals surface area (Å²) in [6, 6.07) is 0. The molecule has 0 spiro atoms. The number of hydrogen-bond acceptors (Lipinski definition) is 1. The molecular formula is C8H13Br2N. The molecule has 1 rings (SSSR count). The quantitative estimate of drug-likeness (QED) is 0.715. The monoisotopic (exact) mass is 281 g/mol. The molecule has 1 nitrogen and oxygen atoms in total. The van der Waals surface area contributed by atoms with Gasteiger partial charge in [0, 0.05) is 6.54 Å². The van der Waals surface area contributed by atoms with E-state index in [1.165, 1.54) is 25.9 Å². The molecule has 0 amide bonds. The number of hydrogen-bond donors (Lipinski definition) is 0. The van der Waals surface area contributed by atoms with Gasteiger partial charge in [0.2, 0.25) is 0 Å². The predicted molar refractivity (Wildman–Crippen MR) is 56.2 cm³/mol. The molecule has 1 aliphatic heterocycles. The van der Waals surface area contributed by atoms with Crippen LogP contribution in [0.3, 0.4) is 0 Å². The first-order chi connectivity index (χ1) is 5.18. The van der Waals surface area contributed by atoms with Gasteiger partial charge in [0.1, 0.15) is 0 Å². The number of likely N-dealkylation sites (tertiary alicyclic amines) is 1. The molecule has 0 aliphatic carbocycles. The van der Waals surface area contributed by atoms with Gasteiger partial charge in [0.25, 0.3) is 0 Å². The Hall–Kier alpha value is 0.660. The van der Waals surface area contributed by atoms with E-state index in [1.54, 1.807) is 0 Å². The molecule has 1 heterocycles. The molecule has 3 heteroatoms. The van der Waals surface area contributed by atoms with Crippen LogP contribution in [0.5, 0.6) is 0 Å². The van der Waals surface area contributed by atoms with E-state index in [0.717, 1.165) is 9.31 Å². The Kier molecular flexibility index (Phi) is 4.10. The largest absolute Gasteiger partial charge is 0.306 e. The van der Waals surface area contributed by atoms with E-state index >= 15 is 0 Å². The van der Waals surface area contributed by atoms with Crippen LogP contribution in [0.4, 0.5) is 0 Å². The normalized spacial score (nSPS) is 26.6. The predicted octanol–water partition coefficient (Wildman–Crippen LogP) is 2.96. The number of nitrogens with zero attached hydrogens (tertiary/aromatic N) is 1. The second-order valence-corrected chi connectivity index (χ2v) is 5.89. The summed E-state index contributed by atoms with van der Waals surface area (Å²) in [6.45, 7) is 2.45. The fraction of sp³-hybridized carbons (Fsp3) is 0.750. The average molecular weight is 283 g/mol. The molecular weight excluding hydrogens is 270 g/mol. The molecule has 0 saturated carbocycles. The zero-order valence-corrected chi connectivity index (χ0v) is 9.86. The van der Waals surface area contributed by atoms with Crippen LogP contribution in [0, 0.1) is 5.92 Å². The first kappa shape index (κ1) is 9.75. The minimum atomic E-state index is 0.725. The molecule has 1 saturated heterocycles. The summed E-state index contributed by atoms with van der Waals surface area (Å²) in [5, 5.41) is 0. The Morgan fingerprint density at radius 2 is 2.27 bits per heavy atom. The van der Waals surface area contributed by atoms with Gasteiger partial charge in [-0.2, -0.15) is 0 Å². The van der Waals surface area contributed by atoms with E-state index in [9.17, 15) is 0 Å². The van der Waals surface area contributed by atoms with Crippen molar-refractivity contribution in [1.82, 2.24) is 4.90 Å². The summed E-state index contributed by atoms with van der Waals surface area (Å²) in [5.74, 6) is 0.725. The van der Waals surface area contributed by atoms with Crippen LogP contribution in [0.2, 0.25) is 0 Å². The topological polar surface area (TPSA) is 3.24 Å². The third kappa shape index (κ3) is 3.72. The summed E-state index contributed by atoms with van der Waals surface area (Å²) >= 11 is 6.78. The van der Waals surface area contributed by atoms with Crippen LogP contribution >= 0.6 is 31.9 Å². The molecule has 0 bridgehead atoms. The highest BCUT2D eigenvalue weighted by Crippen LogP contribution is 2.22. The highest BCUT2D eigenvalue weighted by atomic mass is 79.9. The molecule has 11 heavy (non-hydrogen) atoms. The second kappa shape index (κ2) is 4.63. The fourth-order valence-electron chi connectivity index (χ4n) is 1.52. The van der Waals surface area contributed by atoms with Crippen LogP contribution in [0.1, 0.15) is 12.8 Å². The molecule has 64 valence electrons. The Balaban J connectivity index is 2.40. The molecule has 1 unspecified atom stereocenters. The van der Waals surface area contributed by atoms with Crippen molar-refractivity contribution in [2.45, 2.75) is 12.8 Å². The Labute approximate surface area is 85.1 Å². The van der Waals surface area contributed by atoms with Gasteiger partial charge < -0.3 is 4.90 Å². The lowest BCUT2D eigenvalue weighted by atomic mass is 9.99. The van der Waals surface area contributed by atoms with Gasteiger partial charge >= 0.3 is 0 Å². The molecule has 1 aliphatic rings. The third-order valence-corrected chi connectivity index (χ3v) is 2.55. The standard InChI is InChI=1S/C8H13Br2N/c1-11-4-2-3-7(6-11)5-8(9)10/h5,7H,2-4,6H2,1H3. The summed E-state index contributed by atoms with van der Waals surface area (Å²) in [6.07, 6.45) is 4.89. The summed E-state index contributed by atoms with van der Waals surface area (Å²) < 4.78 is 1.09. The van der Waals surface area contributed by atoms with Gasteiger partial charge in [0.05, 0.1) is 3.39 Å². The minimum absolute atomic E-state index is 0.725. The molecule has 0 aromatic carbocycles. The van der Waals surface area contributed by atoms with Crippen LogP contribution in [-0.2, 0) is 0 Å². The average Bonchev–Trinajstić information content (AvgIpc) is 1.85. The van der Waals surface area contributed by atoms with E-state index in [2.05, 4.69) is 49.9 Å². The van der Waals surface area contributed by atoms with Crippen molar-refractivity contribution in [3.63, 3.8) is 0 Å². The Morgan fingerprint density at radius 3 is 2.82 bits per heavy atom. The third-order valence-electron chi connectivity index (χ3n) is 2.02. The van der Waals surface area contributed by atoms with Crippen molar-refractivity contribution in [2.24, 2.45) is 5.92 Å². The molecule has 0 aromatic rings. The molecule has 0 radical (unpaired) electrons. The van der Waals surface area contributed by atoms with Crippen LogP contribution in [0.25, 0.3) is 0 Å². The minimum Gasteiger partial charge on any atom is -0.306 e. The fourth-order valence-corrected chi connectivity index (χ4v) is 2.27. The van der Waals surface area contributed by atoms with Crippen molar-refractivity contribution in [1.29, 1.82) is 0 Å². The SMILES string of the molecule is CN1CCCC(C=C(Br)Br)C1. The van der Waals surface area contributed by atoms with Gasteiger partial charge in [0.15, 0.2) is 0 Å². The number of rotatable bonds is 1. The first-order valence-electron chi connectivity index (χ1n) is 3.90. The van der Waals surface area contributed by atoms with Gasteiger partial charge in [-0.15, -0.1) is 0 Å². The van der Waals surface area contributed by atoms with Gasteiger partial charge in [-0.25, -0.2) is 0 Å². The maximum Gasteiger partial charge on any atom is 0.0567 e. The maximum atomic E-state index is 3.39. The zero-order valence-electron chi connectivity index (χ0n) is 6.69. The van der Waals surface area contributed by atoms with Crippen molar-refractivity contribution >= 4 is 31.9 Å². The van der Waals surface area contributed by atoms with E-state index in [0.29, 0.717) is 0 Å². The Bertz CT molecular complexity index is 152. The number of piperidine rings is 1. The summed E-state index contributed by atoms with van der Waals surface area (Å²) in [5.41, 5.74) is 0. The van der Waals surface area contributed by atoms with Crippen LogP contribution < -0.4 is 0 Å². The lowest BCUT2D eigenvalue weighted by Crippen LogP contribution is -2.31. The van der Waals surface area contributed by atoms with Crippen molar-refractivity contribution in [3.05, 3.63) is 9.47 Å². The van der Waals surface area contributed by atoms with Gasteiger partial charge in [-0.1, -0.05) is 6.08 Å². The smallest absolute Gasteiger partial charge is 0.0567 e. The lowest BCUT2D eigenvalue weighted by molar-refractivity contribution is 0.237. The van der Waals surface area contributed by atoms with E-state index in [1.807, 2.05) is 0 Å². The van der Waals surface area contributed by atoms with Crippen molar-refractivity contribution < 1.29 is 0 Å². The van der Waals surface area contributed by atoms with Gasteiger partial charge in [-0.05, 0) is 64.2 Å². The van der Waals surface area contributed by atoms with Gasteiger partial charge in [-0.3, -0.25) is 0 Å². The molecule has 0 N–H and O–H groups in total. The molecule has 0 aromatic heterocycles.